The van der Waals surface area contributed by atoms with Crippen LogP contribution in [0, 0.1) is 0 Å². The Morgan fingerprint density at radius 3 is 3.00 bits per heavy atom. The van der Waals surface area contributed by atoms with Gasteiger partial charge in [-0.25, -0.2) is 4.98 Å². The van der Waals surface area contributed by atoms with Crippen molar-refractivity contribution in [2.45, 2.75) is 19.3 Å². The number of thiazole rings is 1. The molecule has 0 spiro atoms. The molecule has 3 N–H and O–H groups in total. The zero-order chi connectivity index (χ0) is 14.1. The summed E-state index contributed by atoms with van der Waals surface area (Å²) in [6.45, 7) is 0. The molecule has 6 heteroatoms. The van der Waals surface area contributed by atoms with Crippen LogP contribution < -0.4 is 15.8 Å². The van der Waals surface area contributed by atoms with Gasteiger partial charge in [0.05, 0.1) is 18.5 Å². The highest BCUT2D eigenvalue weighted by molar-refractivity contribution is 7.80. The maximum atomic E-state index is 5.77. The molecule has 0 saturated carbocycles. The van der Waals surface area contributed by atoms with Gasteiger partial charge in [0.1, 0.15) is 10.7 Å². The van der Waals surface area contributed by atoms with Crippen LogP contribution in [0.15, 0.2) is 18.2 Å². The average molecular weight is 305 g/mol. The average Bonchev–Trinajstić information content (AvgIpc) is 2.99. The van der Waals surface area contributed by atoms with E-state index in [0.29, 0.717) is 4.99 Å². The maximum absolute atomic E-state index is 5.77. The number of nitrogens with zero attached hydrogens (tertiary/aromatic N) is 1. The number of nitrogens with two attached hydrogens (primary N) is 1. The number of benzene rings is 1. The first-order valence-electron chi connectivity index (χ1n) is 6.41. The Bertz CT molecular complexity index is 645. The summed E-state index contributed by atoms with van der Waals surface area (Å²) in [5.41, 5.74) is 8.62. The molecule has 0 bridgehead atoms. The smallest absolute Gasteiger partial charge is 0.187 e. The zero-order valence-corrected chi connectivity index (χ0v) is 12.7. The first-order valence-corrected chi connectivity index (χ1v) is 7.63. The van der Waals surface area contributed by atoms with Crippen molar-refractivity contribution in [3.8, 4) is 5.75 Å². The molecule has 1 aliphatic carbocycles. The van der Waals surface area contributed by atoms with Crippen LogP contribution in [0.25, 0.3) is 0 Å². The van der Waals surface area contributed by atoms with E-state index in [2.05, 4.69) is 10.3 Å². The Morgan fingerprint density at radius 2 is 2.30 bits per heavy atom. The third kappa shape index (κ3) is 2.48. The number of aryl methyl sites for hydroxylation is 2. The highest BCUT2D eigenvalue weighted by atomic mass is 32.1. The minimum atomic E-state index is 0.360. The fourth-order valence-corrected chi connectivity index (χ4v) is 3.57. The number of hydrogen-bond acceptors (Lipinski definition) is 5. The number of nitrogens with one attached hydrogen (secondary N) is 1. The fraction of sp³-hybridized carbons (Fsp3) is 0.286. The third-order valence-electron chi connectivity index (χ3n) is 3.33. The largest absolute Gasteiger partial charge is 0.497 e. The number of aromatic nitrogens is 1. The number of anilines is 2. The monoisotopic (exact) mass is 305 g/mol. The number of ether oxygens (including phenoxy) is 1. The lowest BCUT2D eigenvalue weighted by molar-refractivity contribution is 0.415. The second-order valence-electron chi connectivity index (χ2n) is 4.64. The number of hydrogen-bond donors (Lipinski definition) is 2. The lowest BCUT2D eigenvalue weighted by Crippen LogP contribution is -2.12. The van der Waals surface area contributed by atoms with Crippen molar-refractivity contribution in [2.75, 3.05) is 12.4 Å². The molecule has 20 heavy (non-hydrogen) atoms. The van der Waals surface area contributed by atoms with E-state index in [1.54, 1.807) is 18.4 Å². The minimum Gasteiger partial charge on any atom is -0.497 e. The van der Waals surface area contributed by atoms with Gasteiger partial charge in [-0.05, 0) is 31.4 Å². The van der Waals surface area contributed by atoms with Gasteiger partial charge in [0, 0.05) is 16.5 Å². The Balaban J connectivity index is 1.93. The van der Waals surface area contributed by atoms with Gasteiger partial charge in [-0.2, -0.15) is 0 Å². The first-order chi connectivity index (χ1) is 9.67. The summed E-state index contributed by atoms with van der Waals surface area (Å²) in [5, 5.41) is 4.21. The second-order valence-corrected chi connectivity index (χ2v) is 6.17. The van der Waals surface area contributed by atoms with E-state index in [1.807, 2.05) is 18.2 Å². The molecular weight excluding hydrogens is 290 g/mol. The molecule has 4 nitrogen and oxygen atoms in total. The molecule has 1 heterocycles. The fourth-order valence-electron chi connectivity index (χ4n) is 2.33. The van der Waals surface area contributed by atoms with E-state index < -0.39 is 0 Å². The van der Waals surface area contributed by atoms with Crippen LogP contribution in [0.3, 0.4) is 0 Å². The van der Waals surface area contributed by atoms with Gasteiger partial charge in [-0.1, -0.05) is 12.2 Å². The van der Waals surface area contributed by atoms with E-state index in [9.17, 15) is 0 Å². The predicted octanol–water partition coefficient (Wildman–Crippen LogP) is 3.02. The minimum absolute atomic E-state index is 0.360. The number of rotatable bonds is 4. The number of thiocarbonyl (C=S) groups is 1. The number of methoxy groups -OCH3 is 1. The molecule has 0 aliphatic heterocycles. The summed E-state index contributed by atoms with van der Waals surface area (Å²) in [6.07, 6.45) is 3.43. The van der Waals surface area contributed by atoms with Crippen LogP contribution in [-0.2, 0) is 12.8 Å². The maximum Gasteiger partial charge on any atom is 0.187 e. The van der Waals surface area contributed by atoms with Crippen LogP contribution in [0.4, 0.5) is 10.8 Å². The van der Waals surface area contributed by atoms with Crippen molar-refractivity contribution in [1.29, 1.82) is 0 Å². The van der Waals surface area contributed by atoms with Gasteiger partial charge in [-0.15, -0.1) is 11.3 Å². The predicted molar refractivity (Wildman–Crippen MR) is 86.3 cm³/mol. The topological polar surface area (TPSA) is 60.2 Å². The molecule has 3 rings (SSSR count). The summed E-state index contributed by atoms with van der Waals surface area (Å²) in [7, 11) is 1.64. The molecular formula is C14H15N3OS2. The molecule has 0 amide bonds. The summed E-state index contributed by atoms with van der Waals surface area (Å²) >= 11 is 6.79. The zero-order valence-electron chi connectivity index (χ0n) is 11.1. The highest BCUT2D eigenvalue weighted by Gasteiger charge is 2.17. The van der Waals surface area contributed by atoms with E-state index in [0.717, 1.165) is 35.0 Å². The van der Waals surface area contributed by atoms with Gasteiger partial charge in [0.2, 0.25) is 0 Å². The van der Waals surface area contributed by atoms with Gasteiger partial charge in [-0.3, -0.25) is 0 Å². The molecule has 0 fully saturated rings. The normalized spacial score (nSPS) is 13.1. The summed E-state index contributed by atoms with van der Waals surface area (Å²) < 4.78 is 5.25. The standard InChI is InChI=1S/C14H15N3OS2/c1-18-8-5-6-9(13(15)19)11(7-8)17-14-16-10-3-2-4-12(10)20-14/h5-7H,2-4H2,1H3,(H2,15,19)(H,16,17). The van der Waals surface area contributed by atoms with E-state index in [-0.39, 0.29) is 0 Å². The highest BCUT2D eigenvalue weighted by Crippen LogP contribution is 2.33. The van der Waals surface area contributed by atoms with Gasteiger partial charge in [0.25, 0.3) is 0 Å². The van der Waals surface area contributed by atoms with Crippen molar-refractivity contribution >= 4 is 39.4 Å². The molecule has 0 saturated heterocycles. The van der Waals surface area contributed by atoms with Gasteiger partial charge < -0.3 is 15.8 Å². The Kier molecular flexibility index (Phi) is 3.58. The van der Waals surface area contributed by atoms with Crippen LogP contribution in [0.1, 0.15) is 22.6 Å². The summed E-state index contributed by atoms with van der Waals surface area (Å²) in [4.78, 5) is 6.37. The molecule has 1 aromatic carbocycles. The van der Waals surface area contributed by atoms with E-state index >= 15 is 0 Å². The Labute approximate surface area is 127 Å². The molecule has 2 aromatic rings. The molecule has 1 aliphatic rings. The van der Waals surface area contributed by atoms with Crippen molar-refractivity contribution in [3.63, 3.8) is 0 Å². The molecule has 0 radical (unpaired) electrons. The molecule has 1 aromatic heterocycles. The van der Waals surface area contributed by atoms with Gasteiger partial charge >= 0.3 is 0 Å². The van der Waals surface area contributed by atoms with Crippen LogP contribution in [0.2, 0.25) is 0 Å². The van der Waals surface area contributed by atoms with Crippen molar-refractivity contribution < 1.29 is 4.74 Å². The third-order valence-corrected chi connectivity index (χ3v) is 4.62. The van der Waals surface area contributed by atoms with Crippen LogP contribution in [0.5, 0.6) is 5.75 Å². The quantitative estimate of drug-likeness (QED) is 0.850. The van der Waals surface area contributed by atoms with E-state index in [1.165, 1.54) is 17.0 Å². The SMILES string of the molecule is COc1ccc(C(N)=S)c(Nc2nc3c(s2)CCC3)c1. The first kappa shape index (κ1) is 13.3. The van der Waals surface area contributed by atoms with Gasteiger partial charge in [0.15, 0.2) is 5.13 Å². The molecule has 104 valence electrons. The summed E-state index contributed by atoms with van der Waals surface area (Å²) in [5.74, 6) is 0.761. The van der Waals surface area contributed by atoms with Crippen molar-refractivity contribution in [3.05, 3.63) is 34.3 Å². The molecule has 0 unspecified atom stereocenters. The summed E-state index contributed by atoms with van der Waals surface area (Å²) in [6, 6.07) is 5.60. The Morgan fingerprint density at radius 1 is 1.45 bits per heavy atom. The lowest BCUT2D eigenvalue weighted by Gasteiger charge is -2.11. The van der Waals surface area contributed by atoms with E-state index in [4.69, 9.17) is 22.7 Å². The van der Waals surface area contributed by atoms with Crippen molar-refractivity contribution in [2.24, 2.45) is 5.73 Å². The van der Waals surface area contributed by atoms with Crippen molar-refractivity contribution in [1.82, 2.24) is 4.98 Å². The van der Waals surface area contributed by atoms with Crippen LogP contribution in [-0.4, -0.2) is 17.1 Å². The molecule has 0 atom stereocenters. The second kappa shape index (κ2) is 5.38. The number of fused-ring (bicyclic) bond motifs is 1. The Hall–Kier alpha value is -1.66. The van der Waals surface area contributed by atoms with Crippen LogP contribution >= 0.6 is 23.6 Å². The lowest BCUT2D eigenvalue weighted by atomic mass is 10.1.